The van der Waals surface area contributed by atoms with E-state index in [0.29, 0.717) is 3.63 Å². The fourth-order valence-corrected chi connectivity index (χ4v) is 6.10. The van der Waals surface area contributed by atoms with Gasteiger partial charge in [0.2, 0.25) is 0 Å². The summed E-state index contributed by atoms with van der Waals surface area (Å²) >= 11 is 1.56. The molecule has 0 amide bonds. The Morgan fingerprint density at radius 3 is 1.93 bits per heavy atom. The summed E-state index contributed by atoms with van der Waals surface area (Å²) in [4.78, 5) is 0. The Balaban J connectivity index is 0.00000140. The molecule has 0 fully saturated rings. The van der Waals surface area contributed by atoms with Crippen LogP contribution in [0.2, 0.25) is 0 Å². The van der Waals surface area contributed by atoms with Gasteiger partial charge in [-0.3, -0.25) is 0 Å². The van der Waals surface area contributed by atoms with E-state index in [2.05, 4.69) is 89.2 Å². The summed E-state index contributed by atoms with van der Waals surface area (Å²) in [7, 11) is 0. The van der Waals surface area contributed by atoms with E-state index in [1.165, 1.54) is 50.1 Å². The molecular weight excluding hydrogens is 462 g/mol. The number of hydrogen-bond donors (Lipinski definition) is 0. The molecule has 0 radical (unpaired) electrons. The number of allylic oxidation sites excluding steroid dienone is 6. The van der Waals surface area contributed by atoms with Crippen molar-refractivity contribution in [2.24, 2.45) is 5.41 Å². The van der Waals surface area contributed by atoms with Gasteiger partial charge in [0.1, 0.15) is 0 Å². The van der Waals surface area contributed by atoms with Gasteiger partial charge in [0, 0.05) is 0 Å². The molecule has 0 spiro atoms. The van der Waals surface area contributed by atoms with E-state index in [1.54, 1.807) is 24.7 Å². The third-order valence-corrected chi connectivity index (χ3v) is 7.97. The molecule has 0 saturated heterocycles. The van der Waals surface area contributed by atoms with Gasteiger partial charge >= 0.3 is 173 Å². The van der Waals surface area contributed by atoms with Gasteiger partial charge in [-0.05, 0) is 0 Å². The standard InChI is InChI=1S/C25H25.2ClH.Zr/c1-16-17(2)24(25(4,5)18(16)3)23-21-14-10-9-13-20(21)15-22(23)19-11-7-6-8-12-19;;;/h6-15H,1-5H3;2*1H;/q;;;+2/p-2. The summed E-state index contributed by atoms with van der Waals surface area (Å²) in [6, 6.07) is 20.1. The van der Waals surface area contributed by atoms with E-state index in [1.807, 2.05) is 0 Å². The maximum absolute atomic E-state index is 2.40. The first-order valence-electron chi connectivity index (χ1n) is 9.35. The van der Waals surface area contributed by atoms with Gasteiger partial charge in [-0.1, -0.05) is 0 Å². The third-order valence-electron chi connectivity index (χ3n) is 6.50. The molecule has 2 aromatic rings. The Morgan fingerprint density at radius 2 is 1.36 bits per heavy atom. The summed E-state index contributed by atoms with van der Waals surface area (Å²) in [6.45, 7) is 11.7. The summed E-state index contributed by atoms with van der Waals surface area (Å²) < 4.78 is 0.508. The normalized spacial score (nSPS) is 20.2. The topological polar surface area (TPSA) is 0 Å². The van der Waals surface area contributed by atoms with Gasteiger partial charge in [0.15, 0.2) is 0 Å². The molecule has 0 heterocycles. The first-order valence-corrected chi connectivity index (χ1v) is 10.8. The SMILES string of the molecule is CC1=C(C)C(C)(C)C(C2=C(c3ccccc3)[CH]([Zr+2])c3ccccc32)=C1C.[Cl-].[Cl-]. The molecule has 0 bridgehead atoms. The first kappa shape index (κ1) is 23.4. The summed E-state index contributed by atoms with van der Waals surface area (Å²) in [5.74, 6) is 0. The third kappa shape index (κ3) is 3.34. The average Bonchev–Trinajstić information content (AvgIpc) is 3.01. The number of benzene rings is 2. The van der Waals surface area contributed by atoms with E-state index < -0.39 is 0 Å². The molecule has 3 heteroatoms. The van der Waals surface area contributed by atoms with Crippen LogP contribution in [0.25, 0.3) is 11.1 Å². The molecule has 28 heavy (non-hydrogen) atoms. The molecule has 0 saturated carbocycles. The minimum absolute atomic E-state index is 0. The van der Waals surface area contributed by atoms with Crippen LogP contribution >= 0.6 is 0 Å². The van der Waals surface area contributed by atoms with Crippen LogP contribution in [-0.4, -0.2) is 0 Å². The van der Waals surface area contributed by atoms with Gasteiger partial charge < -0.3 is 24.8 Å². The minimum atomic E-state index is 0. The van der Waals surface area contributed by atoms with Gasteiger partial charge in [0.05, 0.1) is 0 Å². The molecule has 1 atom stereocenters. The molecule has 1 unspecified atom stereocenters. The number of rotatable bonds is 2. The summed E-state index contributed by atoms with van der Waals surface area (Å²) in [5, 5.41) is 0. The average molecular weight is 488 g/mol. The summed E-state index contributed by atoms with van der Waals surface area (Å²) in [5.41, 5.74) is 13.4. The van der Waals surface area contributed by atoms with Crippen molar-refractivity contribution in [1.82, 2.24) is 0 Å². The second-order valence-electron chi connectivity index (χ2n) is 8.05. The van der Waals surface area contributed by atoms with E-state index in [-0.39, 0.29) is 30.2 Å². The fourth-order valence-electron chi connectivity index (χ4n) is 4.71. The smallest absolute Gasteiger partial charge is 1.00 e. The second kappa shape index (κ2) is 8.47. The monoisotopic (exact) mass is 485 g/mol. The van der Waals surface area contributed by atoms with Crippen LogP contribution in [0.5, 0.6) is 0 Å². The van der Waals surface area contributed by atoms with Crippen LogP contribution in [-0.2, 0) is 24.7 Å². The van der Waals surface area contributed by atoms with Crippen molar-refractivity contribution in [2.75, 3.05) is 0 Å². The second-order valence-corrected chi connectivity index (χ2v) is 9.47. The number of halogens is 2. The zero-order chi connectivity index (χ0) is 18.6. The van der Waals surface area contributed by atoms with Gasteiger partial charge in [-0.15, -0.1) is 0 Å². The van der Waals surface area contributed by atoms with Crippen molar-refractivity contribution in [3.8, 4) is 0 Å². The molecule has 4 rings (SSSR count). The van der Waals surface area contributed by atoms with Crippen molar-refractivity contribution in [3.05, 3.63) is 93.6 Å². The largest absolute Gasteiger partial charge is 1.00 e. The van der Waals surface area contributed by atoms with Gasteiger partial charge in [0.25, 0.3) is 0 Å². The predicted molar refractivity (Wildman–Crippen MR) is 107 cm³/mol. The Bertz CT molecular complexity index is 994. The van der Waals surface area contributed by atoms with E-state index in [4.69, 9.17) is 0 Å². The molecule has 0 aliphatic heterocycles. The molecular formula is C25H25Cl2Zr. The number of hydrogen-bond acceptors (Lipinski definition) is 0. The molecule has 143 valence electrons. The number of fused-ring (bicyclic) bond motifs is 1. The fraction of sp³-hybridized carbons (Fsp3) is 0.280. The maximum atomic E-state index is 2.40. The molecule has 2 aliphatic rings. The van der Waals surface area contributed by atoms with Crippen LogP contribution in [0.3, 0.4) is 0 Å². The Morgan fingerprint density at radius 1 is 0.786 bits per heavy atom. The Labute approximate surface area is 196 Å². The van der Waals surface area contributed by atoms with Crippen LogP contribution in [0, 0.1) is 5.41 Å². The molecule has 0 aromatic heterocycles. The van der Waals surface area contributed by atoms with Crippen LogP contribution in [0.1, 0.15) is 54.9 Å². The molecule has 2 aromatic carbocycles. The zero-order valence-corrected chi connectivity index (χ0v) is 21.0. The Hall–Kier alpha value is -0.877. The van der Waals surface area contributed by atoms with Crippen molar-refractivity contribution in [3.63, 3.8) is 0 Å². The first-order chi connectivity index (χ1) is 12.4. The van der Waals surface area contributed by atoms with Crippen LogP contribution in [0.4, 0.5) is 0 Å². The van der Waals surface area contributed by atoms with E-state index in [0.717, 1.165) is 0 Å². The molecule has 2 aliphatic carbocycles. The van der Waals surface area contributed by atoms with Gasteiger partial charge in [-0.2, -0.15) is 0 Å². The zero-order valence-electron chi connectivity index (χ0n) is 17.0. The Kier molecular flexibility index (Phi) is 7.08. The van der Waals surface area contributed by atoms with Crippen molar-refractivity contribution in [1.29, 1.82) is 0 Å². The maximum Gasteiger partial charge on any atom is -1.00 e. The molecule has 0 N–H and O–H groups in total. The van der Waals surface area contributed by atoms with Crippen molar-refractivity contribution in [2.45, 2.75) is 38.2 Å². The minimum Gasteiger partial charge on any atom is -1.00 e. The van der Waals surface area contributed by atoms with Crippen molar-refractivity contribution < 1.29 is 49.5 Å². The quantitative estimate of drug-likeness (QED) is 0.591. The van der Waals surface area contributed by atoms with Crippen LogP contribution in [0.15, 0.2) is 76.9 Å². The van der Waals surface area contributed by atoms with Crippen LogP contribution < -0.4 is 24.8 Å². The van der Waals surface area contributed by atoms with E-state index >= 15 is 0 Å². The van der Waals surface area contributed by atoms with E-state index in [9.17, 15) is 0 Å². The predicted octanol–water partition coefficient (Wildman–Crippen LogP) is 0.900. The van der Waals surface area contributed by atoms with Gasteiger partial charge in [-0.25, -0.2) is 0 Å². The van der Waals surface area contributed by atoms with Crippen molar-refractivity contribution >= 4 is 11.1 Å². The molecule has 0 nitrogen and oxygen atoms in total. The summed E-state index contributed by atoms with van der Waals surface area (Å²) in [6.07, 6.45) is 0.